The van der Waals surface area contributed by atoms with Crippen LogP contribution in [0.1, 0.15) is 17.4 Å². The Labute approximate surface area is 130 Å². The lowest BCUT2D eigenvalue weighted by molar-refractivity contribution is 0.174. The standard InChI is InChI=1S/C16H14N2O3S/c1-2-11-6-12-15(22-11)17-8-18(16(12)19)7-10-3-4-13-14(5-10)21-9-20-13/h3-6,8H,2,7,9H2,1H3. The summed E-state index contributed by atoms with van der Waals surface area (Å²) in [4.78, 5) is 19.0. The van der Waals surface area contributed by atoms with E-state index in [1.54, 1.807) is 22.2 Å². The number of hydrogen-bond donors (Lipinski definition) is 0. The summed E-state index contributed by atoms with van der Waals surface area (Å²) in [5, 5.41) is 0.699. The van der Waals surface area contributed by atoms with E-state index in [2.05, 4.69) is 11.9 Å². The number of rotatable bonds is 3. The summed E-state index contributed by atoms with van der Waals surface area (Å²) in [5.41, 5.74) is 0.983. The van der Waals surface area contributed by atoms with Gasteiger partial charge in [0.05, 0.1) is 18.3 Å². The van der Waals surface area contributed by atoms with E-state index in [0.29, 0.717) is 11.9 Å². The van der Waals surface area contributed by atoms with E-state index in [9.17, 15) is 4.79 Å². The van der Waals surface area contributed by atoms with Crippen molar-refractivity contribution >= 4 is 21.6 Å². The van der Waals surface area contributed by atoms with Gasteiger partial charge in [0.2, 0.25) is 6.79 Å². The zero-order chi connectivity index (χ0) is 15.1. The Morgan fingerprint density at radius 1 is 1.27 bits per heavy atom. The van der Waals surface area contributed by atoms with Crippen LogP contribution in [0.4, 0.5) is 0 Å². The molecular weight excluding hydrogens is 300 g/mol. The summed E-state index contributed by atoms with van der Waals surface area (Å²) < 4.78 is 12.3. The molecule has 0 atom stereocenters. The smallest absolute Gasteiger partial charge is 0.262 e. The highest BCUT2D eigenvalue weighted by atomic mass is 32.1. The lowest BCUT2D eigenvalue weighted by Gasteiger charge is -2.06. The second kappa shape index (κ2) is 5.14. The van der Waals surface area contributed by atoms with Crippen LogP contribution in [0.25, 0.3) is 10.2 Å². The first-order chi connectivity index (χ1) is 10.7. The van der Waals surface area contributed by atoms with Crippen LogP contribution in [0, 0.1) is 0 Å². The molecule has 1 aromatic carbocycles. The van der Waals surface area contributed by atoms with Crippen molar-refractivity contribution in [2.75, 3.05) is 6.79 Å². The number of nitrogens with zero attached hydrogens (tertiary/aromatic N) is 2. The summed E-state index contributed by atoms with van der Waals surface area (Å²) in [7, 11) is 0. The van der Waals surface area contributed by atoms with Crippen molar-refractivity contribution in [2.24, 2.45) is 0 Å². The molecule has 0 aliphatic carbocycles. The monoisotopic (exact) mass is 314 g/mol. The van der Waals surface area contributed by atoms with Crippen LogP contribution in [0.15, 0.2) is 35.4 Å². The quantitative estimate of drug-likeness (QED) is 0.746. The first-order valence-corrected chi connectivity index (χ1v) is 7.92. The van der Waals surface area contributed by atoms with E-state index in [-0.39, 0.29) is 12.4 Å². The molecule has 0 bridgehead atoms. The Bertz CT molecular complexity index is 913. The minimum atomic E-state index is -0.00128. The van der Waals surface area contributed by atoms with Crippen LogP contribution in [0.5, 0.6) is 11.5 Å². The zero-order valence-electron chi connectivity index (χ0n) is 12.0. The third-order valence-electron chi connectivity index (χ3n) is 3.71. The van der Waals surface area contributed by atoms with Gasteiger partial charge in [-0.2, -0.15) is 0 Å². The van der Waals surface area contributed by atoms with E-state index >= 15 is 0 Å². The third-order valence-corrected chi connectivity index (χ3v) is 4.89. The highest BCUT2D eigenvalue weighted by Gasteiger charge is 2.14. The van der Waals surface area contributed by atoms with Crippen molar-refractivity contribution in [1.29, 1.82) is 0 Å². The van der Waals surface area contributed by atoms with Gasteiger partial charge in [0.1, 0.15) is 4.83 Å². The Hall–Kier alpha value is -2.34. The van der Waals surface area contributed by atoms with Gasteiger partial charge in [-0.1, -0.05) is 13.0 Å². The molecule has 0 unspecified atom stereocenters. The maximum absolute atomic E-state index is 12.6. The fourth-order valence-corrected chi connectivity index (χ4v) is 3.46. The van der Waals surface area contributed by atoms with Gasteiger partial charge in [0.25, 0.3) is 5.56 Å². The van der Waals surface area contributed by atoms with Crippen LogP contribution in [0.2, 0.25) is 0 Å². The maximum Gasteiger partial charge on any atom is 0.262 e. The SMILES string of the molecule is CCc1cc2c(=O)n(Cc3ccc4c(c3)OCO4)cnc2s1. The number of benzene rings is 1. The Kier molecular flexibility index (Phi) is 3.11. The van der Waals surface area contributed by atoms with Crippen LogP contribution in [-0.2, 0) is 13.0 Å². The lowest BCUT2D eigenvalue weighted by Crippen LogP contribution is -2.20. The molecule has 0 fully saturated rings. The number of aryl methyl sites for hydroxylation is 1. The minimum absolute atomic E-state index is 0.00128. The summed E-state index contributed by atoms with van der Waals surface area (Å²) in [6, 6.07) is 7.67. The van der Waals surface area contributed by atoms with Crippen molar-refractivity contribution in [3.63, 3.8) is 0 Å². The molecule has 0 saturated heterocycles. The van der Waals surface area contributed by atoms with E-state index in [1.165, 1.54) is 4.88 Å². The molecule has 3 aromatic rings. The molecule has 22 heavy (non-hydrogen) atoms. The number of ether oxygens (including phenoxy) is 2. The lowest BCUT2D eigenvalue weighted by atomic mass is 10.2. The van der Waals surface area contributed by atoms with Gasteiger partial charge in [-0.05, 0) is 30.2 Å². The number of thiophene rings is 1. The largest absolute Gasteiger partial charge is 0.454 e. The molecule has 2 aromatic heterocycles. The molecule has 0 saturated carbocycles. The van der Waals surface area contributed by atoms with Gasteiger partial charge in [-0.3, -0.25) is 9.36 Å². The van der Waals surface area contributed by atoms with E-state index < -0.39 is 0 Å². The third kappa shape index (κ3) is 2.16. The predicted octanol–water partition coefficient (Wildman–Crippen LogP) is 2.80. The van der Waals surface area contributed by atoms with Crippen molar-refractivity contribution in [3.05, 3.63) is 51.4 Å². The van der Waals surface area contributed by atoms with E-state index in [0.717, 1.165) is 28.3 Å². The first kappa shape index (κ1) is 13.3. The number of fused-ring (bicyclic) bond motifs is 2. The fraction of sp³-hybridized carbons (Fsp3) is 0.250. The van der Waals surface area contributed by atoms with Gasteiger partial charge in [0.15, 0.2) is 11.5 Å². The van der Waals surface area contributed by atoms with E-state index in [4.69, 9.17) is 9.47 Å². The van der Waals surface area contributed by atoms with Gasteiger partial charge >= 0.3 is 0 Å². The summed E-state index contributed by atoms with van der Waals surface area (Å²) in [6.07, 6.45) is 2.54. The summed E-state index contributed by atoms with van der Waals surface area (Å²) in [5.74, 6) is 1.47. The number of hydrogen-bond acceptors (Lipinski definition) is 5. The maximum atomic E-state index is 12.6. The molecule has 4 rings (SSSR count). The molecule has 0 spiro atoms. The molecular formula is C16H14N2O3S. The summed E-state index contributed by atoms with van der Waals surface area (Å²) >= 11 is 1.58. The molecule has 0 N–H and O–H groups in total. The summed E-state index contributed by atoms with van der Waals surface area (Å²) in [6.45, 7) is 2.80. The highest BCUT2D eigenvalue weighted by Crippen LogP contribution is 2.32. The molecule has 1 aliphatic heterocycles. The second-order valence-electron chi connectivity index (χ2n) is 5.15. The zero-order valence-corrected chi connectivity index (χ0v) is 12.9. The molecule has 0 radical (unpaired) electrons. The first-order valence-electron chi connectivity index (χ1n) is 7.11. The molecule has 112 valence electrons. The molecule has 3 heterocycles. The van der Waals surface area contributed by atoms with Crippen LogP contribution >= 0.6 is 11.3 Å². The normalized spacial score (nSPS) is 13.0. The second-order valence-corrected chi connectivity index (χ2v) is 6.27. The van der Waals surface area contributed by atoms with Crippen LogP contribution in [-0.4, -0.2) is 16.3 Å². The highest BCUT2D eigenvalue weighted by molar-refractivity contribution is 7.18. The van der Waals surface area contributed by atoms with Crippen LogP contribution < -0.4 is 15.0 Å². The predicted molar refractivity (Wildman–Crippen MR) is 84.9 cm³/mol. The molecule has 5 nitrogen and oxygen atoms in total. The van der Waals surface area contributed by atoms with Crippen molar-refractivity contribution in [2.45, 2.75) is 19.9 Å². The van der Waals surface area contributed by atoms with Crippen LogP contribution in [0.3, 0.4) is 0 Å². The van der Waals surface area contributed by atoms with Gasteiger partial charge in [-0.25, -0.2) is 4.98 Å². The van der Waals surface area contributed by atoms with Gasteiger partial charge < -0.3 is 9.47 Å². The van der Waals surface area contributed by atoms with Gasteiger partial charge in [0, 0.05) is 4.88 Å². The Morgan fingerprint density at radius 2 is 2.14 bits per heavy atom. The van der Waals surface area contributed by atoms with Crippen molar-refractivity contribution in [3.8, 4) is 11.5 Å². The van der Waals surface area contributed by atoms with Crippen molar-refractivity contribution < 1.29 is 9.47 Å². The molecule has 0 amide bonds. The van der Waals surface area contributed by atoms with E-state index in [1.807, 2.05) is 24.3 Å². The molecule has 1 aliphatic rings. The average molecular weight is 314 g/mol. The Morgan fingerprint density at radius 3 is 3.00 bits per heavy atom. The molecule has 6 heteroatoms. The Balaban J connectivity index is 1.72. The average Bonchev–Trinajstić information content (AvgIpc) is 3.16. The van der Waals surface area contributed by atoms with Gasteiger partial charge in [-0.15, -0.1) is 11.3 Å². The van der Waals surface area contributed by atoms with Crippen molar-refractivity contribution in [1.82, 2.24) is 9.55 Å². The number of aromatic nitrogens is 2. The minimum Gasteiger partial charge on any atom is -0.454 e. The topological polar surface area (TPSA) is 53.4 Å². The fourth-order valence-electron chi connectivity index (χ4n) is 2.53.